The van der Waals surface area contributed by atoms with Gasteiger partial charge in [0.25, 0.3) is 0 Å². The second-order valence-corrected chi connectivity index (χ2v) is 8.66. The molecule has 30 heavy (non-hydrogen) atoms. The number of carbonyl (C=O) groups excluding carboxylic acids is 1. The average Bonchev–Trinajstić information content (AvgIpc) is 3.38. The molecule has 0 saturated heterocycles. The van der Waals surface area contributed by atoms with Crippen LogP contribution in [0.4, 0.5) is 8.78 Å². The first kappa shape index (κ1) is 18.9. The zero-order chi connectivity index (χ0) is 21.0. The van der Waals surface area contributed by atoms with Crippen molar-refractivity contribution in [3.05, 3.63) is 80.7 Å². The van der Waals surface area contributed by atoms with Gasteiger partial charge in [0.05, 0.1) is 10.4 Å². The van der Waals surface area contributed by atoms with Crippen LogP contribution in [-0.4, -0.2) is 10.4 Å². The van der Waals surface area contributed by atoms with Gasteiger partial charge in [0, 0.05) is 23.9 Å². The summed E-state index contributed by atoms with van der Waals surface area (Å²) in [5.74, 6) is -1.79. The molecule has 0 bridgehead atoms. The number of Topliss-reactive ketones (excluding diaryl/α,β-unsaturated/α-hetero) is 1. The average molecular weight is 425 g/mol. The number of nitrogens with zero attached hydrogens (tertiary/aromatic N) is 1. The van der Waals surface area contributed by atoms with E-state index in [4.69, 9.17) is 4.42 Å². The van der Waals surface area contributed by atoms with Crippen LogP contribution in [0.2, 0.25) is 0 Å². The fourth-order valence-electron chi connectivity index (χ4n) is 3.72. The van der Waals surface area contributed by atoms with Crippen molar-refractivity contribution in [3.63, 3.8) is 0 Å². The number of benzene rings is 2. The summed E-state index contributed by atoms with van der Waals surface area (Å²) >= 11 is 1.29. The highest BCUT2D eigenvalue weighted by Crippen LogP contribution is 2.47. The first-order valence-corrected chi connectivity index (χ1v) is 10.4. The predicted octanol–water partition coefficient (Wildman–Crippen LogP) is 5.44. The van der Waals surface area contributed by atoms with E-state index in [1.165, 1.54) is 22.0 Å². The molecule has 4 aromatic rings. The molecule has 1 aliphatic rings. The number of aryl methyl sites for hydroxylation is 1. The highest BCUT2D eigenvalue weighted by molar-refractivity contribution is 7.17. The third-order valence-corrected chi connectivity index (χ3v) is 6.69. The molecule has 1 aliphatic carbocycles. The third-order valence-electron chi connectivity index (χ3n) is 5.53. The molecule has 1 saturated carbocycles. The number of thiophene rings is 1. The molecule has 1 fully saturated rings. The van der Waals surface area contributed by atoms with Gasteiger partial charge in [-0.3, -0.25) is 9.36 Å². The van der Waals surface area contributed by atoms with Crippen LogP contribution in [0.5, 0.6) is 0 Å². The molecular formula is C23H17F2NO3S. The number of halogens is 2. The Balaban J connectivity index is 1.53. The molecule has 0 amide bonds. The van der Waals surface area contributed by atoms with Gasteiger partial charge in [-0.1, -0.05) is 6.07 Å². The van der Waals surface area contributed by atoms with E-state index in [-0.39, 0.29) is 17.8 Å². The van der Waals surface area contributed by atoms with Crippen LogP contribution in [0.1, 0.15) is 39.6 Å². The summed E-state index contributed by atoms with van der Waals surface area (Å²) in [6.07, 6.45) is 1.81. The van der Waals surface area contributed by atoms with Crippen molar-refractivity contribution in [2.24, 2.45) is 7.05 Å². The smallest absolute Gasteiger partial charge is 0.408 e. The van der Waals surface area contributed by atoms with Crippen molar-refractivity contribution >= 4 is 28.2 Å². The second-order valence-electron chi connectivity index (χ2n) is 7.57. The number of ketones is 1. The number of rotatable bonds is 5. The van der Waals surface area contributed by atoms with Crippen LogP contribution < -0.4 is 5.76 Å². The minimum absolute atomic E-state index is 0.217. The van der Waals surface area contributed by atoms with Gasteiger partial charge in [-0.25, -0.2) is 13.6 Å². The van der Waals surface area contributed by atoms with Gasteiger partial charge >= 0.3 is 5.76 Å². The number of fused-ring (bicyclic) bond motifs is 1. The van der Waals surface area contributed by atoms with E-state index >= 15 is 0 Å². The Morgan fingerprint density at radius 1 is 1.17 bits per heavy atom. The Kier molecular flexibility index (Phi) is 4.43. The topological polar surface area (TPSA) is 52.2 Å². The highest BCUT2D eigenvalue weighted by Gasteiger charge is 2.28. The van der Waals surface area contributed by atoms with Crippen molar-refractivity contribution in [1.82, 2.24) is 4.57 Å². The third kappa shape index (κ3) is 3.19. The van der Waals surface area contributed by atoms with Crippen molar-refractivity contribution in [2.45, 2.75) is 25.2 Å². The van der Waals surface area contributed by atoms with Crippen LogP contribution in [0.3, 0.4) is 0 Å². The van der Waals surface area contributed by atoms with Gasteiger partial charge in [0.2, 0.25) is 0 Å². The molecule has 0 spiro atoms. The Hall–Kier alpha value is -3.06. The first-order valence-electron chi connectivity index (χ1n) is 9.62. The van der Waals surface area contributed by atoms with Gasteiger partial charge in [-0.2, -0.15) is 0 Å². The molecule has 0 N–H and O–H groups in total. The van der Waals surface area contributed by atoms with Crippen molar-refractivity contribution < 1.29 is 18.0 Å². The van der Waals surface area contributed by atoms with Crippen LogP contribution in [0.15, 0.2) is 51.7 Å². The van der Waals surface area contributed by atoms with Gasteiger partial charge in [-0.05, 0) is 66.3 Å². The maximum absolute atomic E-state index is 13.9. The van der Waals surface area contributed by atoms with Crippen LogP contribution in [0.25, 0.3) is 21.5 Å². The largest absolute Gasteiger partial charge is 0.419 e. The van der Waals surface area contributed by atoms with E-state index in [9.17, 15) is 18.4 Å². The molecule has 2 aromatic carbocycles. The molecule has 152 valence electrons. The van der Waals surface area contributed by atoms with Crippen molar-refractivity contribution in [3.8, 4) is 10.4 Å². The highest BCUT2D eigenvalue weighted by atomic mass is 32.1. The summed E-state index contributed by atoms with van der Waals surface area (Å²) in [5, 5.41) is 0. The van der Waals surface area contributed by atoms with Gasteiger partial charge in [0.15, 0.2) is 11.4 Å². The second kappa shape index (κ2) is 7.02. The zero-order valence-electron chi connectivity index (χ0n) is 16.1. The zero-order valence-corrected chi connectivity index (χ0v) is 16.9. The lowest BCUT2D eigenvalue weighted by Crippen LogP contribution is -2.08. The van der Waals surface area contributed by atoms with Gasteiger partial charge in [0.1, 0.15) is 11.6 Å². The molecule has 2 heterocycles. The summed E-state index contributed by atoms with van der Waals surface area (Å²) < 4.78 is 34.6. The number of oxazole rings is 1. The number of hydrogen-bond donors (Lipinski definition) is 0. The number of hydrogen-bond acceptors (Lipinski definition) is 4. The maximum Gasteiger partial charge on any atom is 0.419 e. The summed E-state index contributed by atoms with van der Waals surface area (Å²) in [5.41, 5.74) is 3.08. The lowest BCUT2D eigenvalue weighted by atomic mass is 10.0. The van der Waals surface area contributed by atoms with E-state index in [1.54, 1.807) is 13.1 Å². The molecule has 5 rings (SSSR count). The van der Waals surface area contributed by atoms with Crippen LogP contribution >= 0.6 is 11.3 Å². The summed E-state index contributed by atoms with van der Waals surface area (Å²) in [6.45, 7) is 0. The number of carbonyl (C=O) groups is 1. The quantitative estimate of drug-likeness (QED) is 0.400. The lowest BCUT2D eigenvalue weighted by molar-refractivity contribution is 0.0994. The summed E-state index contributed by atoms with van der Waals surface area (Å²) in [7, 11) is 1.65. The molecule has 0 aliphatic heterocycles. The fourth-order valence-corrected chi connectivity index (χ4v) is 4.70. The standard InChI is InChI=1S/C23H17F2NO3S/c1-26-18-9-14(13(12-5-6-12)11-20(18)29-23(26)28)21-7-8-22(30-21)19(27)10-15-16(24)3-2-4-17(15)25/h2-4,7-9,11-12H,5-6,10H2,1H3. The van der Waals surface area contributed by atoms with Crippen LogP contribution in [0, 0.1) is 11.6 Å². The van der Waals surface area contributed by atoms with E-state index in [1.807, 2.05) is 18.2 Å². The summed E-state index contributed by atoms with van der Waals surface area (Å²) in [6, 6.07) is 11.0. The van der Waals surface area contributed by atoms with E-state index < -0.39 is 17.4 Å². The number of aromatic nitrogens is 1. The summed E-state index contributed by atoms with van der Waals surface area (Å²) in [4.78, 5) is 25.9. The van der Waals surface area contributed by atoms with Crippen LogP contribution in [-0.2, 0) is 13.5 Å². The monoisotopic (exact) mass is 425 g/mol. The SMILES string of the molecule is Cn1c(=O)oc2cc(C3CC3)c(-c3ccc(C(=O)Cc4c(F)cccc4F)s3)cc21. The minimum Gasteiger partial charge on any atom is -0.408 e. The van der Waals surface area contributed by atoms with Crippen molar-refractivity contribution in [1.29, 1.82) is 0 Å². The maximum atomic E-state index is 13.9. The normalized spacial score (nSPS) is 13.8. The molecule has 2 aromatic heterocycles. The Morgan fingerprint density at radius 3 is 2.60 bits per heavy atom. The Labute approximate surface area is 174 Å². The molecule has 0 unspecified atom stereocenters. The molecule has 7 heteroatoms. The Morgan fingerprint density at radius 2 is 1.90 bits per heavy atom. The lowest BCUT2D eigenvalue weighted by Gasteiger charge is -2.07. The van der Waals surface area contributed by atoms with Gasteiger partial charge < -0.3 is 4.42 Å². The van der Waals surface area contributed by atoms with Gasteiger partial charge in [-0.15, -0.1) is 11.3 Å². The first-order chi connectivity index (χ1) is 14.4. The van der Waals surface area contributed by atoms with Crippen molar-refractivity contribution in [2.75, 3.05) is 0 Å². The van der Waals surface area contributed by atoms with E-state index in [0.717, 1.165) is 41.0 Å². The molecule has 0 radical (unpaired) electrons. The molecule has 4 nitrogen and oxygen atoms in total. The van der Waals surface area contributed by atoms with E-state index in [0.29, 0.717) is 21.9 Å². The Bertz CT molecular complexity index is 1340. The molecule has 0 atom stereocenters. The molecular weight excluding hydrogens is 408 g/mol. The van der Waals surface area contributed by atoms with E-state index in [2.05, 4.69) is 0 Å². The minimum atomic E-state index is -0.720. The fraction of sp³-hybridized carbons (Fsp3) is 0.217. The predicted molar refractivity (Wildman–Crippen MR) is 111 cm³/mol.